The largest absolute Gasteiger partial charge is 0.276 e. The van der Waals surface area contributed by atoms with Crippen LogP contribution in [0, 0.1) is 19.3 Å². The molecule has 0 amide bonds. The number of hydrazone groups is 1. The fraction of sp³-hybridized carbons (Fsp3) is 0.471. The Balaban J connectivity index is 2.28. The molecular weight excluding hydrogens is 296 g/mol. The van der Waals surface area contributed by atoms with Crippen LogP contribution in [0.3, 0.4) is 0 Å². The predicted octanol–water partition coefficient (Wildman–Crippen LogP) is 3.70. The summed E-state index contributed by atoms with van der Waals surface area (Å²) in [4.78, 5) is 2.67. The number of benzene rings is 1. The Bertz CT molecular complexity index is 744. The third-order valence-corrected chi connectivity index (χ3v) is 5.12. The van der Waals surface area contributed by atoms with Gasteiger partial charge in [0.15, 0.2) is 0 Å². The molecule has 1 aromatic rings. The van der Waals surface area contributed by atoms with Gasteiger partial charge in [0.05, 0.1) is 10.6 Å². The molecule has 0 bridgehead atoms. The predicted molar refractivity (Wildman–Crippen MR) is 90.4 cm³/mol. The number of nitrogens with zero attached hydrogens (tertiary/aromatic N) is 1. The van der Waals surface area contributed by atoms with E-state index in [4.69, 9.17) is 0 Å². The Morgan fingerprint density at radius 1 is 1.14 bits per heavy atom. The van der Waals surface area contributed by atoms with E-state index in [2.05, 4.69) is 30.7 Å². The van der Waals surface area contributed by atoms with Crippen molar-refractivity contribution in [1.82, 2.24) is 4.83 Å². The highest BCUT2D eigenvalue weighted by molar-refractivity contribution is 7.89. The highest BCUT2D eigenvalue weighted by Crippen LogP contribution is 2.33. The second-order valence-electron chi connectivity index (χ2n) is 6.98. The first-order valence-electron chi connectivity index (χ1n) is 7.42. The highest BCUT2D eigenvalue weighted by Gasteiger charge is 2.25. The van der Waals surface area contributed by atoms with E-state index in [9.17, 15) is 8.42 Å². The van der Waals surface area contributed by atoms with Crippen molar-refractivity contribution in [2.75, 3.05) is 0 Å². The Hall–Kier alpha value is -1.62. The molecule has 0 heterocycles. The maximum absolute atomic E-state index is 12.5. The van der Waals surface area contributed by atoms with Crippen LogP contribution in [-0.4, -0.2) is 14.1 Å². The Morgan fingerprint density at radius 2 is 1.82 bits per heavy atom. The monoisotopic (exact) mass is 320 g/mol. The zero-order chi connectivity index (χ0) is 16.5. The minimum absolute atomic E-state index is 0.113. The highest BCUT2D eigenvalue weighted by atomic mass is 32.2. The van der Waals surface area contributed by atoms with Crippen molar-refractivity contribution < 1.29 is 8.42 Å². The molecule has 2 rings (SSSR count). The lowest BCUT2D eigenvalue weighted by Gasteiger charge is -2.29. The number of rotatable bonds is 3. The van der Waals surface area contributed by atoms with Gasteiger partial charge in [0.25, 0.3) is 10.0 Å². The van der Waals surface area contributed by atoms with Gasteiger partial charge in [0, 0.05) is 0 Å². The lowest BCUT2D eigenvalue weighted by atomic mass is 9.77. The van der Waals surface area contributed by atoms with E-state index in [1.807, 2.05) is 25.1 Å². The summed E-state index contributed by atoms with van der Waals surface area (Å²) in [6.45, 7) is 10.0. The Kier molecular flexibility index (Phi) is 4.47. The molecule has 0 unspecified atom stereocenters. The van der Waals surface area contributed by atoms with Gasteiger partial charge in [-0.3, -0.25) is 0 Å². The quantitative estimate of drug-likeness (QED) is 0.863. The minimum atomic E-state index is -3.63. The molecule has 0 aliphatic heterocycles. The molecule has 0 saturated heterocycles. The Labute approximate surface area is 133 Å². The van der Waals surface area contributed by atoms with Crippen molar-refractivity contribution >= 4 is 15.7 Å². The third kappa shape index (κ3) is 3.97. The molecule has 22 heavy (non-hydrogen) atoms. The summed E-state index contributed by atoms with van der Waals surface area (Å²) in [5.41, 5.74) is 3.74. The minimum Gasteiger partial charge on any atom is -0.200 e. The summed E-state index contributed by atoms with van der Waals surface area (Å²) in [7, 11) is -3.63. The van der Waals surface area contributed by atoms with Crippen LogP contribution in [-0.2, 0) is 10.0 Å². The van der Waals surface area contributed by atoms with E-state index >= 15 is 0 Å². The molecule has 0 radical (unpaired) electrons. The second kappa shape index (κ2) is 5.88. The zero-order valence-corrected chi connectivity index (χ0v) is 14.7. The number of nitrogens with one attached hydrogen (secondary N) is 1. The van der Waals surface area contributed by atoms with Crippen LogP contribution in [0.1, 0.15) is 44.7 Å². The van der Waals surface area contributed by atoms with Crippen LogP contribution in [0.25, 0.3) is 0 Å². The summed E-state index contributed by atoms with van der Waals surface area (Å²) in [5.74, 6) is 0. The van der Waals surface area contributed by atoms with Crippen molar-refractivity contribution in [2.45, 2.75) is 52.4 Å². The summed E-state index contributed by atoms with van der Waals surface area (Å²) in [5, 5.41) is 4.15. The average molecular weight is 320 g/mol. The van der Waals surface area contributed by atoms with Gasteiger partial charge in [0.2, 0.25) is 0 Å². The van der Waals surface area contributed by atoms with Crippen LogP contribution in [0.5, 0.6) is 0 Å². The van der Waals surface area contributed by atoms with Gasteiger partial charge in [-0.25, -0.2) is 0 Å². The number of sulfonamides is 1. The molecule has 0 aromatic heterocycles. The fourth-order valence-corrected chi connectivity index (χ4v) is 4.10. The molecule has 1 aromatic carbocycles. The topological polar surface area (TPSA) is 58.5 Å². The molecule has 0 fully saturated rings. The molecule has 0 saturated carbocycles. The van der Waals surface area contributed by atoms with Crippen molar-refractivity contribution in [3.63, 3.8) is 0 Å². The van der Waals surface area contributed by atoms with Crippen molar-refractivity contribution in [3.8, 4) is 0 Å². The van der Waals surface area contributed by atoms with E-state index in [-0.39, 0.29) is 10.3 Å². The molecular formula is C17H24N2O2S. The van der Waals surface area contributed by atoms with Crippen LogP contribution >= 0.6 is 0 Å². The summed E-state index contributed by atoms with van der Waals surface area (Å²) < 4.78 is 24.9. The molecule has 4 nitrogen and oxygen atoms in total. The van der Waals surface area contributed by atoms with Crippen molar-refractivity contribution in [1.29, 1.82) is 0 Å². The molecule has 0 spiro atoms. The van der Waals surface area contributed by atoms with Gasteiger partial charge < -0.3 is 0 Å². The maximum atomic E-state index is 12.5. The van der Waals surface area contributed by atoms with E-state index in [0.717, 1.165) is 24.1 Å². The van der Waals surface area contributed by atoms with Gasteiger partial charge in [-0.05, 0) is 62.3 Å². The van der Waals surface area contributed by atoms with Crippen molar-refractivity contribution in [3.05, 3.63) is 41.0 Å². The van der Waals surface area contributed by atoms with Crippen LogP contribution < -0.4 is 4.83 Å². The SMILES string of the molecule is CC1=C/C(=N/NS(=O)(=O)c2cc(C)ccc2C)CC(C)(C)C1. The van der Waals surface area contributed by atoms with Gasteiger partial charge in [-0.1, -0.05) is 31.6 Å². The molecule has 1 aliphatic rings. The van der Waals surface area contributed by atoms with E-state index < -0.39 is 10.0 Å². The Morgan fingerprint density at radius 3 is 2.45 bits per heavy atom. The van der Waals surface area contributed by atoms with Gasteiger partial charge in [-0.2, -0.15) is 18.4 Å². The first-order chi connectivity index (χ1) is 10.1. The van der Waals surface area contributed by atoms with E-state index in [1.165, 1.54) is 5.57 Å². The summed E-state index contributed by atoms with van der Waals surface area (Å²) >= 11 is 0. The van der Waals surface area contributed by atoms with Crippen LogP contribution in [0.2, 0.25) is 0 Å². The average Bonchev–Trinajstić information content (AvgIpc) is 2.37. The maximum Gasteiger partial charge on any atom is 0.276 e. The normalized spacial score (nSPS) is 19.9. The lowest BCUT2D eigenvalue weighted by molar-refractivity contribution is 0.373. The summed E-state index contributed by atoms with van der Waals surface area (Å²) in [6.07, 6.45) is 3.74. The smallest absolute Gasteiger partial charge is 0.200 e. The van der Waals surface area contributed by atoms with Crippen LogP contribution in [0.4, 0.5) is 0 Å². The molecule has 1 N–H and O–H groups in total. The first kappa shape index (κ1) is 16.7. The van der Waals surface area contributed by atoms with Crippen molar-refractivity contribution in [2.24, 2.45) is 10.5 Å². The van der Waals surface area contributed by atoms with E-state index in [1.54, 1.807) is 13.0 Å². The number of hydrogen-bond acceptors (Lipinski definition) is 3. The number of hydrogen-bond donors (Lipinski definition) is 1. The van der Waals surface area contributed by atoms with Gasteiger partial charge in [-0.15, -0.1) is 0 Å². The molecule has 5 heteroatoms. The first-order valence-corrected chi connectivity index (χ1v) is 8.90. The fourth-order valence-electron chi connectivity index (χ4n) is 2.93. The lowest BCUT2D eigenvalue weighted by Crippen LogP contribution is -2.25. The third-order valence-electron chi connectivity index (χ3n) is 3.77. The van der Waals surface area contributed by atoms with Gasteiger partial charge >= 0.3 is 0 Å². The standard InChI is InChI=1S/C17H24N2O2S/c1-12-6-7-14(3)16(9-12)22(20,21)19-18-15-8-13(2)10-17(4,5)11-15/h6-9,19H,10-11H2,1-5H3/b18-15-. The number of aryl methyl sites for hydroxylation is 2. The summed E-state index contributed by atoms with van der Waals surface area (Å²) in [6, 6.07) is 5.38. The zero-order valence-electron chi connectivity index (χ0n) is 13.9. The second-order valence-corrected chi connectivity index (χ2v) is 8.60. The molecule has 0 atom stereocenters. The molecule has 120 valence electrons. The van der Waals surface area contributed by atoms with Crippen LogP contribution in [0.15, 0.2) is 39.8 Å². The molecule has 1 aliphatic carbocycles. The number of allylic oxidation sites excluding steroid dienone is 2. The van der Waals surface area contributed by atoms with E-state index in [0.29, 0.717) is 5.56 Å². The van der Waals surface area contributed by atoms with Gasteiger partial charge in [0.1, 0.15) is 0 Å².